The lowest BCUT2D eigenvalue weighted by Gasteiger charge is -2.27. The van der Waals surface area contributed by atoms with E-state index in [4.69, 9.17) is 12.2 Å². The van der Waals surface area contributed by atoms with Crippen LogP contribution in [0.3, 0.4) is 0 Å². The second kappa shape index (κ2) is 6.15. The van der Waals surface area contributed by atoms with Crippen molar-refractivity contribution in [1.29, 1.82) is 0 Å². The second-order valence-electron chi connectivity index (χ2n) is 4.73. The van der Waals surface area contributed by atoms with Gasteiger partial charge in [-0.15, -0.1) is 0 Å². The second-order valence-corrected chi connectivity index (χ2v) is 5.14. The zero-order valence-corrected chi connectivity index (χ0v) is 12.1. The number of rotatable bonds is 7. The van der Waals surface area contributed by atoms with E-state index < -0.39 is 0 Å². The lowest BCUT2D eigenvalue weighted by molar-refractivity contribution is 0.660. The fourth-order valence-electron chi connectivity index (χ4n) is 2.02. The Labute approximate surface area is 109 Å². The molecule has 17 heavy (non-hydrogen) atoms. The lowest BCUT2D eigenvalue weighted by Crippen LogP contribution is -2.32. The van der Waals surface area contributed by atoms with E-state index in [0.29, 0.717) is 4.51 Å². The lowest BCUT2D eigenvalue weighted by atomic mass is 10.1. The Hall–Kier alpha value is -0.900. The van der Waals surface area contributed by atoms with Gasteiger partial charge in [-0.05, 0) is 6.42 Å². The molecule has 1 aromatic rings. The van der Waals surface area contributed by atoms with Gasteiger partial charge in [-0.2, -0.15) is 0 Å². The van der Waals surface area contributed by atoms with Gasteiger partial charge in [0.15, 0.2) is 0 Å². The molecule has 0 unspecified atom stereocenters. The molecule has 0 radical (unpaired) electrons. The number of hydrogen-bond donors (Lipinski definition) is 0. The first kappa shape index (κ1) is 14.2. The summed E-state index contributed by atoms with van der Waals surface area (Å²) in [4.78, 5) is 15.6. The molecular weight excluding hydrogens is 232 g/mol. The Kier molecular flexibility index (Phi) is 5.12. The summed E-state index contributed by atoms with van der Waals surface area (Å²) in [6, 6.07) is 0. The topological polar surface area (TPSA) is 23.6 Å². The van der Waals surface area contributed by atoms with Crippen LogP contribution in [0.1, 0.15) is 32.6 Å². The molecule has 0 spiro atoms. The van der Waals surface area contributed by atoms with Crippen molar-refractivity contribution >= 4 is 23.6 Å². The molecule has 0 saturated heterocycles. The van der Waals surface area contributed by atoms with Crippen LogP contribution in [0.5, 0.6) is 0 Å². The van der Waals surface area contributed by atoms with Crippen LogP contribution in [0.2, 0.25) is 0 Å². The molecule has 0 saturated carbocycles. The first-order valence-electron chi connectivity index (χ1n) is 6.22. The minimum absolute atomic E-state index is 0.0143. The summed E-state index contributed by atoms with van der Waals surface area (Å²) in [6.07, 6.45) is 4.92. The highest BCUT2D eigenvalue weighted by molar-refractivity contribution is 7.71. The monoisotopic (exact) mass is 254 g/mol. The van der Waals surface area contributed by atoms with E-state index in [9.17, 15) is 4.79 Å². The molecule has 0 aliphatic carbocycles. The molecule has 1 aromatic carbocycles. The van der Waals surface area contributed by atoms with Gasteiger partial charge in [0.25, 0.3) is 0 Å². The highest BCUT2D eigenvalue weighted by atomic mass is 32.1. The summed E-state index contributed by atoms with van der Waals surface area (Å²) in [5.41, 5.74) is 1.72. The molecule has 0 amide bonds. The van der Waals surface area contributed by atoms with Crippen molar-refractivity contribution < 1.29 is 0 Å². The van der Waals surface area contributed by atoms with Crippen molar-refractivity contribution in [3.8, 4) is 0 Å². The van der Waals surface area contributed by atoms with Gasteiger partial charge < -0.3 is 9.80 Å². The van der Waals surface area contributed by atoms with Crippen molar-refractivity contribution in [2.24, 2.45) is 0 Å². The maximum Gasteiger partial charge on any atom is 0.224 e. The summed E-state index contributed by atoms with van der Waals surface area (Å²) >= 11 is 5.13. The molecule has 0 bridgehead atoms. The summed E-state index contributed by atoms with van der Waals surface area (Å²) in [7, 11) is 5.80. The standard InChI is InChI=1S/C13H22N2OS/c1-5-6-7-8-9-15(4)11-10(14(2)3)12(16)13(11)17/h5-9H2,1-4H3. The molecule has 0 aliphatic rings. The zero-order valence-electron chi connectivity index (χ0n) is 11.2. The highest BCUT2D eigenvalue weighted by Gasteiger charge is 2.22. The van der Waals surface area contributed by atoms with E-state index >= 15 is 0 Å². The number of anilines is 2. The van der Waals surface area contributed by atoms with E-state index in [0.717, 1.165) is 24.3 Å². The summed E-state index contributed by atoms with van der Waals surface area (Å²) < 4.78 is 0.492. The Morgan fingerprint density at radius 2 is 1.71 bits per heavy atom. The Morgan fingerprint density at radius 1 is 1.06 bits per heavy atom. The molecule has 0 aromatic heterocycles. The van der Waals surface area contributed by atoms with Gasteiger partial charge in [-0.25, -0.2) is 0 Å². The average Bonchev–Trinajstić information content (AvgIpc) is 2.29. The van der Waals surface area contributed by atoms with E-state index in [1.54, 1.807) is 0 Å². The molecule has 0 heterocycles. The molecule has 0 fully saturated rings. The minimum atomic E-state index is 0.0143. The van der Waals surface area contributed by atoms with Crippen molar-refractivity contribution in [1.82, 2.24) is 0 Å². The van der Waals surface area contributed by atoms with Crippen LogP contribution in [0.25, 0.3) is 0 Å². The summed E-state index contributed by atoms with van der Waals surface area (Å²) in [6.45, 7) is 3.18. The molecule has 0 aliphatic heterocycles. The molecular formula is C13H22N2OS. The normalized spacial score (nSPS) is 10.8. The maximum atomic E-state index is 11.6. The van der Waals surface area contributed by atoms with Gasteiger partial charge in [-0.1, -0.05) is 38.4 Å². The molecule has 4 heteroatoms. The van der Waals surface area contributed by atoms with Crippen LogP contribution in [-0.4, -0.2) is 27.7 Å². The van der Waals surface area contributed by atoms with Gasteiger partial charge in [-0.3, -0.25) is 4.79 Å². The molecule has 3 nitrogen and oxygen atoms in total. The van der Waals surface area contributed by atoms with Gasteiger partial charge >= 0.3 is 0 Å². The van der Waals surface area contributed by atoms with Crippen LogP contribution >= 0.6 is 12.2 Å². The maximum absolute atomic E-state index is 11.6. The third kappa shape index (κ3) is 3.06. The van der Waals surface area contributed by atoms with Crippen LogP contribution in [0.4, 0.5) is 11.4 Å². The van der Waals surface area contributed by atoms with Crippen molar-refractivity contribution in [3.63, 3.8) is 0 Å². The fraction of sp³-hybridized carbons (Fsp3) is 0.692. The van der Waals surface area contributed by atoms with Crippen molar-refractivity contribution in [2.45, 2.75) is 32.6 Å². The number of hydrogen-bond acceptors (Lipinski definition) is 4. The minimum Gasteiger partial charge on any atom is -0.373 e. The summed E-state index contributed by atoms with van der Waals surface area (Å²) in [5.74, 6) is 0. The highest BCUT2D eigenvalue weighted by Crippen LogP contribution is 2.28. The first-order chi connectivity index (χ1) is 8.00. The average molecular weight is 254 g/mol. The predicted molar refractivity (Wildman–Crippen MR) is 77.7 cm³/mol. The smallest absolute Gasteiger partial charge is 0.224 e. The quantitative estimate of drug-likeness (QED) is 0.551. The Morgan fingerprint density at radius 3 is 2.24 bits per heavy atom. The van der Waals surface area contributed by atoms with Crippen LogP contribution < -0.4 is 15.2 Å². The van der Waals surface area contributed by atoms with Gasteiger partial charge in [0.1, 0.15) is 10.2 Å². The van der Waals surface area contributed by atoms with Crippen molar-refractivity contribution in [2.75, 3.05) is 37.5 Å². The number of unbranched alkanes of at least 4 members (excludes halogenated alkanes) is 3. The number of nitrogens with zero attached hydrogens (tertiary/aromatic N) is 2. The van der Waals surface area contributed by atoms with E-state index in [2.05, 4.69) is 11.8 Å². The van der Waals surface area contributed by atoms with E-state index in [-0.39, 0.29) is 5.43 Å². The third-order valence-electron chi connectivity index (χ3n) is 3.04. The molecule has 1 rings (SSSR count). The molecule has 96 valence electrons. The van der Waals surface area contributed by atoms with E-state index in [1.807, 2.05) is 26.0 Å². The predicted octanol–water partition coefficient (Wildman–Crippen LogP) is 2.73. The van der Waals surface area contributed by atoms with Crippen LogP contribution in [0, 0.1) is 4.51 Å². The van der Waals surface area contributed by atoms with Crippen molar-refractivity contribution in [3.05, 3.63) is 14.7 Å². The third-order valence-corrected chi connectivity index (χ3v) is 3.42. The largest absolute Gasteiger partial charge is 0.373 e. The van der Waals surface area contributed by atoms with Crippen LogP contribution in [-0.2, 0) is 0 Å². The Balaban J connectivity index is 2.64. The summed E-state index contributed by atoms with van der Waals surface area (Å²) in [5, 5.41) is 0. The first-order valence-corrected chi connectivity index (χ1v) is 6.63. The van der Waals surface area contributed by atoms with E-state index in [1.165, 1.54) is 19.3 Å². The zero-order chi connectivity index (χ0) is 13.0. The fourth-order valence-corrected chi connectivity index (χ4v) is 2.37. The van der Waals surface area contributed by atoms with Gasteiger partial charge in [0.2, 0.25) is 5.43 Å². The SMILES string of the molecule is CCCCCCN(C)c1c(N(C)C)c(=O)c1=S. The van der Waals surface area contributed by atoms with Gasteiger partial charge in [0.05, 0.1) is 5.69 Å². The molecule has 0 atom stereocenters. The van der Waals surface area contributed by atoms with Gasteiger partial charge in [0, 0.05) is 27.7 Å². The Bertz CT molecular complexity index is 433. The molecule has 0 N–H and O–H groups in total. The van der Waals surface area contributed by atoms with Crippen LogP contribution in [0.15, 0.2) is 4.79 Å².